The van der Waals surface area contributed by atoms with Crippen LogP contribution < -0.4 is 15.2 Å². The van der Waals surface area contributed by atoms with E-state index in [1.807, 2.05) is 6.07 Å². The van der Waals surface area contributed by atoms with Gasteiger partial charge in [-0.15, -0.1) is 17.9 Å². The van der Waals surface area contributed by atoms with Crippen LogP contribution in [0.15, 0.2) is 36.9 Å². The molecule has 0 saturated heterocycles. The zero-order valence-corrected chi connectivity index (χ0v) is 16.9. The molecule has 0 aliphatic heterocycles. The van der Waals surface area contributed by atoms with E-state index in [4.69, 9.17) is 38.4 Å². The first kappa shape index (κ1) is 21.1. The zero-order valence-electron chi connectivity index (χ0n) is 14.5. The number of primary amides is 1. The molecule has 0 bridgehead atoms. The fraction of sp³-hybridized carbons (Fsp3) is 0.222. The van der Waals surface area contributed by atoms with E-state index in [9.17, 15) is 9.59 Å². The van der Waals surface area contributed by atoms with Crippen molar-refractivity contribution in [1.29, 1.82) is 0 Å². The van der Waals surface area contributed by atoms with Gasteiger partial charge in [0.25, 0.3) is 11.8 Å². The molecular formula is C18H18Cl2N2O4S. The number of rotatable bonds is 9. The highest BCUT2D eigenvalue weighted by Gasteiger charge is 2.21. The van der Waals surface area contributed by atoms with Gasteiger partial charge < -0.3 is 20.1 Å². The normalized spacial score (nSPS) is 10.3. The van der Waals surface area contributed by atoms with Crippen LogP contribution in [0.2, 0.25) is 9.36 Å². The van der Waals surface area contributed by atoms with E-state index in [1.165, 1.54) is 30.6 Å². The molecule has 0 fully saturated rings. The summed E-state index contributed by atoms with van der Waals surface area (Å²) in [5.74, 6) is -0.541. The van der Waals surface area contributed by atoms with Gasteiger partial charge in [0.1, 0.15) is 0 Å². The van der Waals surface area contributed by atoms with E-state index in [0.717, 1.165) is 4.88 Å². The number of thiophene rings is 1. The van der Waals surface area contributed by atoms with Crippen LogP contribution in [0.4, 0.5) is 0 Å². The van der Waals surface area contributed by atoms with Crippen molar-refractivity contribution in [3.8, 4) is 11.5 Å². The highest BCUT2D eigenvalue weighted by Crippen LogP contribution is 2.37. The molecule has 9 heteroatoms. The molecular weight excluding hydrogens is 411 g/mol. The number of ether oxygens (including phenoxy) is 2. The lowest BCUT2D eigenvalue weighted by atomic mass is 10.1. The number of hydrogen-bond donors (Lipinski definition) is 1. The van der Waals surface area contributed by atoms with Crippen molar-refractivity contribution in [3.05, 3.63) is 56.7 Å². The molecule has 0 spiro atoms. The van der Waals surface area contributed by atoms with Crippen molar-refractivity contribution in [2.24, 2.45) is 5.73 Å². The van der Waals surface area contributed by atoms with Gasteiger partial charge in [0.15, 0.2) is 18.1 Å². The van der Waals surface area contributed by atoms with Crippen molar-refractivity contribution in [2.45, 2.75) is 6.54 Å². The van der Waals surface area contributed by atoms with Gasteiger partial charge in [0.05, 0.1) is 23.0 Å². The Morgan fingerprint density at radius 3 is 2.63 bits per heavy atom. The second-order valence-corrected chi connectivity index (χ2v) is 7.63. The summed E-state index contributed by atoms with van der Waals surface area (Å²) in [5, 5.41) is 0.136. The predicted octanol–water partition coefficient (Wildman–Crippen LogP) is 3.76. The van der Waals surface area contributed by atoms with Gasteiger partial charge in [0, 0.05) is 17.0 Å². The SMILES string of the molecule is C=CCN(Cc1ccc(Cl)s1)C(=O)c1cc(Cl)c(OCC(N)=O)c(OC)c1. The van der Waals surface area contributed by atoms with Gasteiger partial charge in [-0.25, -0.2) is 0 Å². The summed E-state index contributed by atoms with van der Waals surface area (Å²) in [7, 11) is 1.41. The van der Waals surface area contributed by atoms with E-state index in [-0.39, 0.29) is 29.0 Å². The summed E-state index contributed by atoms with van der Waals surface area (Å²) in [6.45, 7) is 4.06. The van der Waals surface area contributed by atoms with Crippen molar-refractivity contribution in [1.82, 2.24) is 4.90 Å². The van der Waals surface area contributed by atoms with Gasteiger partial charge >= 0.3 is 0 Å². The number of methoxy groups -OCH3 is 1. The molecule has 0 aliphatic rings. The lowest BCUT2D eigenvalue weighted by Gasteiger charge is -2.21. The Bertz CT molecular complexity index is 854. The minimum atomic E-state index is -0.653. The van der Waals surface area contributed by atoms with E-state index in [2.05, 4.69) is 6.58 Å². The topological polar surface area (TPSA) is 81.9 Å². The fourth-order valence-corrected chi connectivity index (χ4v) is 3.68. The Labute approximate surface area is 171 Å². The number of carbonyl (C=O) groups excluding carboxylic acids is 2. The van der Waals surface area contributed by atoms with E-state index < -0.39 is 5.91 Å². The third-order valence-electron chi connectivity index (χ3n) is 3.45. The summed E-state index contributed by atoms with van der Waals surface area (Å²) >= 11 is 13.6. The monoisotopic (exact) mass is 428 g/mol. The minimum Gasteiger partial charge on any atom is -0.493 e. The Hall–Kier alpha value is -2.22. The highest BCUT2D eigenvalue weighted by molar-refractivity contribution is 7.16. The van der Waals surface area contributed by atoms with Gasteiger partial charge in [-0.3, -0.25) is 9.59 Å². The summed E-state index contributed by atoms with van der Waals surface area (Å²) in [5.41, 5.74) is 5.39. The van der Waals surface area contributed by atoms with Crippen LogP contribution in [-0.2, 0) is 11.3 Å². The number of benzene rings is 1. The molecule has 1 heterocycles. The number of nitrogens with zero attached hydrogens (tertiary/aromatic N) is 1. The maximum absolute atomic E-state index is 13.0. The van der Waals surface area contributed by atoms with Gasteiger partial charge in [-0.2, -0.15) is 0 Å². The second-order valence-electron chi connectivity index (χ2n) is 5.42. The quantitative estimate of drug-likeness (QED) is 0.616. The number of nitrogens with two attached hydrogens (primary N) is 1. The maximum Gasteiger partial charge on any atom is 0.255 e. The number of hydrogen-bond acceptors (Lipinski definition) is 5. The number of carbonyl (C=O) groups is 2. The maximum atomic E-state index is 13.0. The predicted molar refractivity (Wildman–Crippen MR) is 107 cm³/mol. The molecule has 0 unspecified atom stereocenters. The van der Waals surface area contributed by atoms with Crippen LogP contribution in [0, 0.1) is 0 Å². The highest BCUT2D eigenvalue weighted by atomic mass is 35.5. The zero-order chi connectivity index (χ0) is 20.0. The molecule has 0 atom stereocenters. The average Bonchev–Trinajstić information content (AvgIpc) is 3.03. The first-order valence-electron chi connectivity index (χ1n) is 7.78. The van der Waals surface area contributed by atoms with Crippen LogP contribution in [0.1, 0.15) is 15.2 Å². The Balaban J connectivity index is 2.30. The third kappa shape index (κ3) is 5.63. The molecule has 144 valence electrons. The second kappa shape index (κ2) is 9.64. The molecule has 0 radical (unpaired) electrons. The van der Waals surface area contributed by atoms with Crippen molar-refractivity contribution in [3.63, 3.8) is 0 Å². The summed E-state index contributed by atoms with van der Waals surface area (Å²) < 4.78 is 11.2. The van der Waals surface area contributed by atoms with Crippen molar-refractivity contribution >= 4 is 46.4 Å². The van der Waals surface area contributed by atoms with Crippen LogP contribution in [-0.4, -0.2) is 37.0 Å². The summed E-state index contributed by atoms with van der Waals surface area (Å²) in [4.78, 5) is 26.4. The summed E-state index contributed by atoms with van der Waals surface area (Å²) in [6, 6.07) is 6.61. The molecule has 2 amide bonds. The molecule has 27 heavy (non-hydrogen) atoms. The van der Waals surface area contributed by atoms with Gasteiger partial charge in [-0.1, -0.05) is 29.3 Å². The Morgan fingerprint density at radius 2 is 2.07 bits per heavy atom. The molecule has 6 nitrogen and oxygen atoms in total. The van der Waals surface area contributed by atoms with Crippen molar-refractivity contribution in [2.75, 3.05) is 20.3 Å². The minimum absolute atomic E-state index is 0.136. The number of halogens is 2. The molecule has 0 aliphatic carbocycles. The Kier molecular flexibility index (Phi) is 7.53. The third-order valence-corrected chi connectivity index (χ3v) is 4.94. The lowest BCUT2D eigenvalue weighted by Crippen LogP contribution is -2.30. The number of amides is 2. The van der Waals surface area contributed by atoms with Crippen LogP contribution in [0.25, 0.3) is 0 Å². The van der Waals surface area contributed by atoms with E-state index in [1.54, 1.807) is 17.0 Å². The van der Waals surface area contributed by atoms with Gasteiger partial charge in [-0.05, 0) is 24.3 Å². The molecule has 2 rings (SSSR count). The smallest absolute Gasteiger partial charge is 0.255 e. The van der Waals surface area contributed by atoms with E-state index >= 15 is 0 Å². The molecule has 1 aromatic heterocycles. The average molecular weight is 429 g/mol. The largest absolute Gasteiger partial charge is 0.493 e. The first-order valence-corrected chi connectivity index (χ1v) is 9.36. The van der Waals surface area contributed by atoms with Crippen LogP contribution >= 0.6 is 34.5 Å². The van der Waals surface area contributed by atoms with Crippen molar-refractivity contribution < 1.29 is 19.1 Å². The standard InChI is InChI=1S/C18H18Cl2N2O4S/c1-3-6-22(9-12-4-5-15(20)27-12)18(24)11-7-13(19)17(14(8-11)25-2)26-10-16(21)23/h3-5,7-8H,1,6,9-10H2,2H3,(H2,21,23). The molecule has 1 aromatic carbocycles. The molecule has 2 N–H and O–H groups in total. The van der Waals surface area contributed by atoms with Crippen LogP contribution in [0.5, 0.6) is 11.5 Å². The van der Waals surface area contributed by atoms with E-state index in [0.29, 0.717) is 23.0 Å². The molecule has 0 saturated carbocycles. The first-order chi connectivity index (χ1) is 12.8. The fourth-order valence-electron chi connectivity index (χ4n) is 2.31. The Morgan fingerprint density at radius 1 is 1.33 bits per heavy atom. The molecule has 2 aromatic rings. The summed E-state index contributed by atoms with van der Waals surface area (Å²) in [6.07, 6.45) is 1.64. The van der Waals surface area contributed by atoms with Gasteiger partial charge in [0.2, 0.25) is 0 Å². The van der Waals surface area contributed by atoms with Crippen LogP contribution in [0.3, 0.4) is 0 Å². The lowest BCUT2D eigenvalue weighted by molar-refractivity contribution is -0.119.